The Balaban J connectivity index is 2.07. The van der Waals surface area contributed by atoms with E-state index in [4.69, 9.17) is 5.73 Å². The van der Waals surface area contributed by atoms with E-state index in [1.54, 1.807) is 11.3 Å². The van der Waals surface area contributed by atoms with E-state index in [2.05, 4.69) is 29.2 Å². The molecule has 2 rings (SSSR count). The highest BCUT2D eigenvalue weighted by molar-refractivity contribution is 7.13. The molecule has 1 aliphatic carbocycles. The lowest BCUT2D eigenvalue weighted by Gasteiger charge is -2.35. The number of nitrogens with two attached hydrogens (primary N) is 1. The topological polar surface area (TPSA) is 42.1 Å². The molecule has 2 atom stereocenters. The molecule has 0 bridgehead atoms. The van der Waals surface area contributed by atoms with E-state index in [0.29, 0.717) is 12.1 Å². The minimum Gasteiger partial charge on any atom is -0.347 e. The number of rotatable bonds is 3. The van der Waals surface area contributed by atoms with Crippen LogP contribution in [-0.4, -0.2) is 24.1 Å². The monoisotopic (exact) mass is 239 g/mol. The molecule has 1 saturated carbocycles. The molecule has 2 N–H and O–H groups in total. The lowest BCUT2D eigenvalue weighted by atomic mass is 9.90. The average molecular weight is 239 g/mol. The van der Waals surface area contributed by atoms with Crippen LogP contribution in [0, 0.1) is 0 Å². The zero-order valence-electron chi connectivity index (χ0n) is 10.1. The van der Waals surface area contributed by atoms with Crippen LogP contribution >= 0.6 is 11.3 Å². The van der Waals surface area contributed by atoms with E-state index in [9.17, 15) is 0 Å². The Hall–Kier alpha value is -0.610. The molecule has 1 aromatic heterocycles. The number of thiazole rings is 1. The predicted molar refractivity (Wildman–Crippen MR) is 70.1 cm³/mol. The standard InChI is InChI=1S/C12H21N3S/c1-3-9-8-16-12(14-9)15(2)11-7-5-4-6-10(11)13/h8,10-11H,3-7,13H2,1-2H3. The third-order valence-corrected chi connectivity index (χ3v) is 4.46. The molecule has 0 aromatic carbocycles. The molecule has 4 heteroatoms. The zero-order chi connectivity index (χ0) is 11.5. The Labute approximate surface area is 102 Å². The van der Waals surface area contributed by atoms with E-state index in [0.717, 1.165) is 18.0 Å². The Morgan fingerprint density at radius 3 is 2.88 bits per heavy atom. The van der Waals surface area contributed by atoms with Gasteiger partial charge in [0.15, 0.2) is 5.13 Å². The van der Waals surface area contributed by atoms with Gasteiger partial charge in [0.25, 0.3) is 0 Å². The molecule has 2 unspecified atom stereocenters. The summed E-state index contributed by atoms with van der Waals surface area (Å²) in [6, 6.07) is 0.789. The van der Waals surface area contributed by atoms with Crippen molar-refractivity contribution < 1.29 is 0 Å². The maximum atomic E-state index is 6.19. The van der Waals surface area contributed by atoms with Crippen molar-refractivity contribution in [2.75, 3.05) is 11.9 Å². The molecule has 1 aromatic rings. The maximum absolute atomic E-state index is 6.19. The van der Waals surface area contributed by atoms with Crippen LogP contribution < -0.4 is 10.6 Å². The van der Waals surface area contributed by atoms with E-state index >= 15 is 0 Å². The van der Waals surface area contributed by atoms with Gasteiger partial charge in [0.05, 0.1) is 5.69 Å². The highest BCUT2D eigenvalue weighted by atomic mass is 32.1. The second-order valence-corrected chi connectivity index (χ2v) is 5.44. The molecule has 0 aliphatic heterocycles. The van der Waals surface area contributed by atoms with Crippen LogP contribution in [-0.2, 0) is 6.42 Å². The summed E-state index contributed by atoms with van der Waals surface area (Å²) < 4.78 is 0. The third kappa shape index (κ3) is 2.38. The van der Waals surface area contributed by atoms with Crippen molar-refractivity contribution in [2.45, 2.75) is 51.1 Å². The fourth-order valence-corrected chi connectivity index (χ4v) is 3.32. The molecule has 3 nitrogen and oxygen atoms in total. The van der Waals surface area contributed by atoms with Crippen molar-refractivity contribution in [1.29, 1.82) is 0 Å². The van der Waals surface area contributed by atoms with Gasteiger partial charge in [0.1, 0.15) is 0 Å². The van der Waals surface area contributed by atoms with Crippen molar-refractivity contribution in [3.63, 3.8) is 0 Å². The molecule has 1 fully saturated rings. The van der Waals surface area contributed by atoms with E-state index < -0.39 is 0 Å². The highest BCUT2D eigenvalue weighted by Gasteiger charge is 2.26. The fourth-order valence-electron chi connectivity index (χ4n) is 2.38. The first-order chi connectivity index (χ1) is 7.72. The molecular formula is C12H21N3S. The first kappa shape index (κ1) is 11.9. The molecule has 0 amide bonds. The molecule has 1 aliphatic rings. The van der Waals surface area contributed by atoms with Crippen molar-refractivity contribution >= 4 is 16.5 Å². The lowest BCUT2D eigenvalue weighted by Crippen LogP contribution is -2.48. The smallest absolute Gasteiger partial charge is 0.185 e. The highest BCUT2D eigenvalue weighted by Crippen LogP contribution is 2.27. The molecule has 90 valence electrons. The summed E-state index contributed by atoms with van der Waals surface area (Å²) in [7, 11) is 2.13. The van der Waals surface area contributed by atoms with Gasteiger partial charge in [0.2, 0.25) is 0 Å². The van der Waals surface area contributed by atoms with E-state index in [1.807, 2.05) is 0 Å². The minimum absolute atomic E-state index is 0.313. The van der Waals surface area contributed by atoms with Crippen LogP contribution in [0.1, 0.15) is 38.3 Å². The van der Waals surface area contributed by atoms with Crippen molar-refractivity contribution in [1.82, 2.24) is 4.98 Å². The van der Waals surface area contributed by atoms with Gasteiger partial charge in [-0.05, 0) is 19.3 Å². The second kappa shape index (κ2) is 5.15. The summed E-state index contributed by atoms with van der Waals surface area (Å²) in [6.07, 6.45) is 5.96. The van der Waals surface area contributed by atoms with Gasteiger partial charge in [-0.3, -0.25) is 0 Å². The number of hydrogen-bond donors (Lipinski definition) is 1. The predicted octanol–water partition coefficient (Wildman–Crippen LogP) is 2.41. The fraction of sp³-hybridized carbons (Fsp3) is 0.750. The van der Waals surface area contributed by atoms with Gasteiger partial charge in [-0.25, -0.2) is 4.98 Å². The van der Waals surface area contributed by atoms with Crippen molar-refractivity contribution in [3.05, 3.63) is 11.1 Å². The molecule has 0 radical (unpaired) electrons. The number of aromatic nitrogens is 1. The summed E-state index contributed by atoms with van der Waals surface area (Å²) in [4.78, 5) is 6.91. The largest absolute Gasteiger partial charge is 0.347 e. The van der Waals surface area contributed by atoms with Gasteiger partial charge in [0, 0.05) is 24.5 Å². The van der Waals surface area contributed by atoms with Crippen molar-refractivity contribution in [3.8, 4) is 0 Å². The van der Waals surface area contributed by atoms with Gasteiger partial charge in [-0.1, -0.05) is 19.8 Å². The van der Waals surface area contributed by atoms with Gasteiger partial charge < -0.3 is 10.6 Å². The minimum atomic E-state index is 0.313. The van der Waals surface area contributed by atoms with Crippen LogP contribution in [0.4, 0.5) is 5.13 Å². The quantitative estimate of drug-likeness (QED) is 0.881. The molecule has 0 spiro atoms. The number of likely N-dealkylation sites (N-methyl/N-ethyl adjacent to an activating group) is 1. The van der Waals surface area contributed by atoms with E-state index in [-0.39, 0.29) is 0 Å². The average Bonchev–Trinajstić information content (AvgIpc) is 2.77. The van der Waals surface area contributed by atoms with Gasteiger partial charge >= 0.3 is 0 Å². The molecule has 16 heavy (non-hydrogen) atoms. The number of anilines is 1. The Morgan fingerprint density at radius 1 is 1.50 bits per heavy atom. The number of nitrogens with zero attached hydrogens (tertiary/aromatic N) is 2. The van der Waals surface area contributed by atoms with Crippen LogP contribution in [0.15, 0.2) is 5.38 Å². The summed E-state index contributed by atoms with van der Waals surface area (Å²) in [5, 5.41) is 3.28. The number of hydrogen-bond acceptors (Lipinski definition) is 4. The number of aryl methyl sites for hydroxylation is 1. The summed E-state index contributed by atoms with van der Waals surface area (Å²) in [6.45, 7) is 2.14. The third-order valence-electron chi connectivity index (χ3n) is 3.48. The summed E-state index contributed by atoms with van der Waals surface area (Å²) in [5.74, 6) is 0. The summed E-state index contributed by atoms with van der Waals surface area (Å²) >= 11 is 1.74. The molecule has 1 heterocycles. The first-order valence-electron chi connectivity index (χ1n) is 6.15. The molecule has 0 saturated heterocycles. The first-order valence-corrected chi connectivity index (χ1v) is 7.03. The normalized spacial score (nSPS) is 25.7. The summed E-state index contributed by atoms with van der Waals surface area (Å²) in [5.41, 5.74) is 7.38. The molecular weight excluding hydrogens is 218 g/mol. The second-order valence-electron chi connectivity index (χ2n) is 4.60. The Morgan fingerprint density at radius 2 is 2.25 bits per heavy atom. The van der Waals surface area contributed by atoms with Gasteiger partial charge in [-0.2, -0.15) is 0 Å². The Kier molecular flexibility index (Phi) is 3.82. The van der Waals surface area contributed by atoms with Crippen LogP contribution in [0.5, 0.6) is 0 Å². The SMILES string of the molecule is CCc1csc(N(C)C2CCCCC2N)n1. The van der Waals surface area contributed by atoms with E-state index in [1.165, 1.54) is 25.0 Å². The zero-order valence-corrected chi connectivity index (χ0v) is 11.0. The van der Waals surface area contributed by atoms with Gasteiger partial charge in [-0.15, -0.1) is 11.3 Å². The van der Waals surface area contributed by atoms with Crippen LogP contribution in [0.25, 0.3) is 0 Å². The maximum Gasteiger partial charge on any atom is 0.185 e. The van der Waals surface area contributed by atoms with Crippen LogP contribution in [0.3, 0.4) is 0 Å². The lowest BCUT2D eigenvalue weighted by molar-refractivity contribution is 0.373. The van der Waals surface area contributed by atoms with Crippen molar-refractivity contribution in [2.24, 2.45) is 5.73 Å². The Bertz CT molecular complexity index is 337. The van der Waals surface area contributed by atoms with Crippen LogP contribution in [0.2, 0.25) is 0 Å².